The number of hydrogen-bond acceptors (Lipinski definition) is 1. The van der Waals surface area contributed by atoms with Crippen LogP contribution in [0.5, 0.6) is 0 Å². The molecule has 0 N–H and O–H groups in total. The fourth-order valence-electron chi connectivity index (χ4n) is 0.603. The van der Waals surface area contributed by atoms with Gasteiger partial charge < -0.3 is 4.74 Å². The van der Waals surface area contributed by atoms with Gasteiger partial charge >= 0.3 is 0 Å². The Morgan fingerprint density at radius 3 is 2.40 bits per heavy atom. The molecule has 1 rings (SSSR count). The minimum atomic E-state index is 0.648. The van der Waals surface area contributed by atoms with Gasteiger partial charge in [0.1, 0.15) is 6.61 Å². The van der Waals surface area contributed by atoms with Crippen LogP contribution in [0.25, 0.3) is 0 Å². The van der Waals surface area contributed by atoms with Gasteiger partial charge in [0.15, 0.2) is 0 Å². The molecule has 1 heterocycles. The van der Waals surface area contributed by atoms with Gasteiger partial charge in [-0.05, 0) is 12.2 Å². The molecule has 0 saturated carbocycles. The molecule has 0 aromatic heterocycles. The molecule has 1 heteroatoms. The number of rotatable bonds is 0. The monoisotopic (exact) mass is 134 g/mol. The van der Waals surface area contributed by atoms with Gasteiger partial charge in [-0.15, -0.1) is 0 Å². The Hall–Kier alpha value is -1.24. The number of allylic oxidation sites excluding steroid dienone is 6. The highest BCUT2D eigenvalue weighted by Gasteiger charge is 1.72. The van der Waals surface area contributed by atoms with E-state index in [2.05, 4.69) is 0 Å². The van der Waals surface area contributed by atoms with E-state index in [0.29, 0.717) is 6.61 Å². The van der Waals surface area contributed by atoms with E-state index in [1.807, 2.05) is 42.5 Å². The van der Waals surface area contributed by atoms with E-state index in [1.54, 1.807) is 6.26 Å². The highest BCUT2D eigenvalue weighted by atomic mass is 16.5. The Labute approximate surface area is 61.0 Å². The molecule has 1 aliphatic rings. The molecule has 0 amide bonds. The molecule has 0 fully saturated rings. The molecule has 52 valence electrons. The van der Waals surface area contributed by atoms with Crippen molar-refractivity contribution in [3.05, 3.63) is 48.8 Å². The van der Waals surface area contributed by atoms with Crippen molar-refractivity contribution in [3.8, 4) is 0 Å². The molecule has 10 heavy (non-hydrogen) atoms. The van der Waals surface area contributed by atoms with Gasteiger partial charge in [0.05, 0.1) is 6.26 Å². The van der Waals surface area contributed by atoms with Crippen molar-refractivity contribution in [2.24, 2.45) is 0 Å². The Morgan fingerprint density at radius 1 is 0.800 bits per heavy atom. The molecule has 0 saturated heterocycles. The van der Waals surface area contributed by atoms with Crippen LogP contribution in [0, 0.1) is 0 Å². The van der Waals surface area contributed by atoms with Crippen molar-refractivity contribution in [1.29, 1.82) is 0 Å². The van der Waals surface area contributed by atoms with Crippen LogP contribution in [0.3, 0.4) is 0 Å². The summed E-state index contributed by atoms with van der Waals surface area (Å²) in [5.74, 6) is 0. The summed E-state index contributed by atoms with van der Waals surface area (Å²) in [5.41, 5.74) is 0. The number of ether oxygens (including phenoxy) is 1. The molecule has 1 nitrogen and oxygen atoms in total. The minimum absolute atomic E-state index is 0.648. The maximum absolute atomic E-state index is 5.06. The second-order valence-corrected chi connectivity index (χ2v) is 1.86. The maximum atomic E-state index is 5.06. The third kappa shape index (κ3) is 2.92. The van der Waals surface area contributed by atoms with Crippen LogP contribution in [0.15, 0.2) is 48.8 Å². The van der Waals surface area contributed by atoms with Crippen LogP contribution in [0.2, 0.25) is 0 Å². The molecule has 0 aromatic rings. The van der Waals surface area contributed by atoms with E-state index in [9.17, 15) is 0 Å². The Kier molecular flexibility index (Phi) is 3.18. The van der Waals surface area contributed by atoms with Crippen molar-refractivity contribution in [1.82, 2.24) is 0 Å². The lowest BCUT2D eigenvalue weighted by atomic mass is 10.4. The summed E-state index contributed by atoms with van der Waals surface area (Å²) in [6, 6.07) is 0. The lowest BCUT2D eigenvalue weighted by molar-refractivity contribution is 0.290. The first kappa shape index (κ1) is 6.87. The molecule has 0 aromatic carbocycles. The first-order valence-corrected chi connectivity index (χ1v) is 3.27. The van der Waals surface area contributed by atoms with Crippen molar-refractivity contribution in [2.45, 2.75) is 0 Å². The fourth-order valence-corrected chi connectivity index (χ4v) is 0.603. The first-order valence-electron chi connectivity index (χ1n) is 3.27. The van der Waals surface area contributed by atoms with Crippen LogP contribution < -0.4 is 0 Å². The second kappa shape index (κ2) is 4.62. The van der Waals surface area contributed by atoms with E-state index < -0.39 is 0 Å². The van der Waals surface area contributed by atoms with Gasteiger partial charge in [-0.2, -0.15) is 0 Å². The Morgan fingerprint density at radius 2 is 1.50 bits per heavy atom. The van der Waals surface area contributed by atoms with Crippen LogP contribution in [0.4, 0.5) is 0 Å². The zero-order chi connectivity index (χ0) is 7.07. The quantitative estimate of drug-likeness (QED) is 0.493. The summed E-state index contributed by atoms with van der Waals surface area (Å²) >= 11 is 0. The molecular formula is C9H10O. The van der Waals surface area contributed by atoms with Crippen LogP contribution in [-0.4, -0.2) is 6.61 Å². The third-order valence-corrected chi connectivity index (χ3v) is 1.06. The van der Waals surface area contributed by atoms with E-state index >= 15 is 0 Å². The highest BCUT2D eigenvalue weighted by molar-refractivity contribution is 5.15. The summed E-state index contributed by atoms with van der Waals surface area (Å²) < 4.78 is 5.06. The molecule has 0 bridgehead atoms. The average Bonchev–Trinajstić information content (AvgIpc) is 2.01. The van der Waals surface area contributed by atoms with Crippen molar-refractivity contribution < 1.29 is 4.74 Å². The van der Waals surface area contributed by atoms with E-state index in [0.717, 1.165) is 0 Å². The minimum Gasteiger partial charge on any atom is -0.497 e. The van der Waals surface area contributed by atoms with Crippen LogP contribution in [-0.2, 0) is 4.74 Å². The predicted octanol–water partition coefficient (Wildman–Crippen LogP) is 2.20. The van der Waals surface area contributed by atoms with Crippen molar-refractivity contribution in [2.75, 3.05) is 6.61 Å². The highest BCUT2D eigenvalue weighted by Crippen LogP contribution is 1.87. The number of hydrogen-bond donors (Lipinski definition) is 0. The van der Waals surface area contributed by atoms with E-state index in [4.69, 9.17) is 4.74 Å². The average molecular weight is 134 g/mol. The zero-order valence-corrected chi connectivity index (χ0v) is 5.73. The summed E-state index contributed by atoms with van der Waals surface area (Å²) in [7, 11) is 0. The lowest BCUT2D eigenvalue weighted by Crippen LogP contribution is -1.79. The van der Waals surface area contributed by atoms with Gasteiger partial charge in [0.25, 0.3) is 0 Å². The summed E-state index contributed by atoms with van der Waals surface area (Å²) in [6.07, 6.45) is 15.3. The van der Waals surface area contributed by atoms with Gasteiger partial charge in [0, 0.05) is 0 Å². The third-order valence-electron chi connectivity index (χ3n) is 1.06. The first-order chi connectivity index (χ1) is 5.00. The smallest absolute Gasteiger partial charge is 0.106 e. The molecule has 0 radical (unpaired) electrons. The Bertz CT molecular complexity index is 163. The molecule has 0 unspecified atom stereocenters. The molecule has 0 spiro atoms. The van der Waals surface area contributed by atoms with Crippen LogP contribution in [0.1, 0.15) is 0 Å². The standard InChI is InChI=1S/C9H10O/c1-2-4-6-8-10-9-7-5-3-1/h1-8H,9H2. The molecule has 0 atom stereocenters. The Balaban J connectivity index is 2.53. The largest absolute Gasteiger partial charge is 0.497 e. The molecule has 0 aliphatic carbocycles. The normalized spacial score (nSPS) is 16.8. The maximum Gasteiger partial charge on any atom is 0.106 e. The van der Waals surface area contributed by atoms with Crippen molar-refractivity contribution >= 4 is 0 Å². The van der Waals surface area contributed by atoms with E-state index in [-0.39, 0.29) is 0 Å². The summed E-state index contributed by atoms with van der Waals surface area (Å²) in [5, 5.41) is 0. The lowest BCUT2D eigenvalue weighted by Gasteiger charge is -1.91. The van der Waals surface area contributed by atoms with Gasteiger partial charge in [-0.25, -0.2) is 0 Å². The van der Waals surface area contributed by atoms with Gasteiger partial charge in [0.2, 0.25) is 0 Å². The summed E-state index contributed by atoms with van der Waals surface area (Å²) in [4.78, 5) is 0. The predicted molar refractivity (Wildman–Crippen MR) is 42.5 cm³/mol. The summed E-state index contributed by atoms with van der Waals surface area (Å²) in [6.45, 7) is 0.648. The molecular weight excluding hydrogens is 124 g/mol. The van der Waals surface area contributed by atoms with Crippen LogP contribution >= 0.6 is 0 Å². The van der Waals surface area contributed by atoms with Gasteiger partial charge in [-0.3, -0.25) is 0 Å². The second-order valence-electron chi connectivity index (χ2n) is 1.86. The van der Waals surface area contributed by atoms with E-state index in [1.165, 1.54) is 0 Å². The fraction of sp³-hybridized carbons (Fsp3) is 0.111. The van der Waals surface area contributed by atoms with Crippen molar-refractivity contribution in [3.63, 3.8) is 0 Å². The van der Waals surface area contributed by atoms with Gasteiger partial charge in [-0.1, -0.05) is 30.4 Å². The topological polar surface area (TPSA) is 9.23 Å². The zero-order valence-electron chi connectivity index (χ0n) is 5.73. The SMILES string of the molecule is C1=CC=CCOC=CC=C1. The molecule has 1 aliphatic heterocycles.